The molecule has 0 N–H and O–H groups in total. The molecule has 6 nitrogen and oxygen atoms in total. The number of nitrogens with zero attached hydrogens (tertiary/aromatic N) is 6. The summed E-state index contributed by atoms with van der Waals surface area (Å²) in [4.78, 5) is 2.39. The van der Waals surface area contributed by atoms with Crippen LogP contribution in [-0.2, 0) is 14.1 Å². The Hall–Kier alpha value is -0.750. The summed E-state index contributed by atoms with van der Waals surface area (Å²) in [5.74, 6) is 0.817. The average molecular weight is 584 g/mol. The van der Waals surface area contributed by atoms with Crippen molar-refractivity contribution in [3.05, 3.63) is 36.7 Å². The fraction of sp³-hybridized carbons (Fsp3) is 0.500. The number of likely N-dealkylation sites (N-methyl/N-ethyl adjacent to an activating group) is 2. The SMILES string of the molecule is CCN(CC[N+](C)(C)C)c1ccc(N=Nc2n(C)cc[n+]2C)cc1.[I-].[I-]. The van der Waals surface area contributed by atoms with Gasteiger partial charge in [-0.1, -0.05) is 5.11 Å². The third-order valence-corrected chi connectivity index (χ3v) is 4.04. The van der Waals surface area contributed by atoms with Crippen molar-refractivity contribution in [2.45, 2.75) is 6.92 Å². The van der Waals surface area contributed by atoms with E-state index in [-0.39, 0.29) is 48.0 Å². The number of rotatable bonds is 7. The molecule has 0 bridgehead atoms. The van der Waals surface area contributed by atoms with Crippen LogP contribution in [0.5, 0.6) is 0 Å². The summed E-state index contributed by atoms with van der Waals surface area (Å²) < 4.78 is 4.86. The normalized spacial score (nSPS) is 11.2. The highest BCUT2D eigenvalue weighted by Crippen LogP contribution is 2.21. The van der Waals surface area contributed by atoms with E-state index in [1.54, 1.807) is 0 Å². The average Bonchev–Trinajstić information content (AvgIpc) is 2.85. The second kappa shape index (κ2) is 11.2. The Labute approximate surface area is 191 Å². The smallest absolute Gasteiger partial charge is 0.421 e. The van der Waals surface area contributed by atoms with Crippen LogP contribution >= 0.6 is 0 Å². The van der Waals surface area contributed by atoms with Gasteiger partial charge < -0.3 is 57.3 Å². The van der Waals surface area contributed by atoms with Gasteiger partial charge in [0.1, 0.15) is 5.69 Å². The number of azo groups is 1. The van der Waals surface area contributed by atoms with Crippen LogP contribution in [0.15, 0.2) is 46.9 Å². The molecule has 2 rings (SSSR count). The number of quaternary nitrogens is 1. The third kappa shape index (κ3) is 7.47. The van der Waals surface area contributed by atoms with E-state index < -0.39 is 0 Å². The molecular formula is C18H30I2N6. The number of halogens is 2. The Morgan fingerprint density at radius 2 is 1.69 bits per heavy atom. The highest BCUT2D eigenvalue weighted by molar-refractivity contribution is 5.52. The summed E-state index contributed by atoms with van der Waals surface area (Å²) in [5, 5.41) is 8.68. The molecule has 2 aromatic rings. The van der Waals surface area contributed by atoms with Gasteiger partial charge in [0.2, 0.25) is 0 Å². The molecule has 26 heavy (non-hydrogen) atoms. The van der Waals surface area contributed by atoms with Gasteiger partial charge in [-0.15, -0.1) is 0 Å². The molecule has 0 aliphatic rings. The number of anilines is 1. The number of hydrogen-bond acceptors (Lipinski definition) is 3. The van der Waals surface area contributed by atoms with Crippen LogP contribution in [0.25, 0.3) is 0 Å². The molecule has 1 heterocycles. The zero-order chi connectivity index (χ0) is 17.7. The van der Waals surface area contributed by atoms with E-state index in [0.717, 1.165) is 35.8 Å². The standard InChI is InChI=1S/C18H30N6.2HI/c1-7-23(14-15-24(4,5)6)17-10-8-16(9-11-17)19-20-18-21(2)12-13-22(18)3;;/h8-13H,7,14-15H2,1-6H3;2*1H/q+2;;/p-2. The van der Waals surface area contributed by atoms with E-state index in [2.05, 4.69) is 55.3 Å². The second-order valence-corrected chi connectivity index (χ2v) is 7.13. The van der Waals surface area contributed by atoms with Crippen molar-refractivity contribution < 1.29 is 57.0 Å². The zero-order valence-corrected chi connectivity index (χ0v) is 20.8. The fourth-order valence-electron chi connectivity index (χ4n) is 2.45. The van der Waals surface area contributed by atoms with Gasteiger partial charge in [0, 0.05) is 17.3 Å². The molecule has 0 fully saturated rings. The fourth-order valence-corrected chi connectivity index (χ4v) is 2.45. The predicted molar refractivity (Wildman–Crippen MR) is 98.0 cm³/mol. The molecule has 1 aromatic carbocycles. The van der Waals surface area contributed by atoms with E-state index in [0.29, 0.717) is 0 Å². The lowest BCUT2D eigenvalue weighted by molar-refractivity contribution is -0.868. The summed E-state index contributed by atoms with van der Waals surface area (Å²) in [5.41, 5.74) is 2.09. The molecule has 0 atom stereocenters. The number of aromatic nitrogens is 2. The highest BCUT2D eigenvalue weighted by atomic mass is 127. The molecule has 1 aromatic heterocycles. The minimum atomic E-state index is 0. The molecule has 0 amide bonds. The Morgan fingerprint density at radius 3 is 2.15 bits per heavy atom. The maximum Gasteiger partial charge on any atom is 0.421 e. The molecule has 0 saturated carbocycles. The van der Waals surface area contributed by atoms with Crippen LogP contribution < -0.4 is 57.4 Å². The van der Waals surface area contributed by atoms with Gasteiger partial charge in [-0.3, -0.25) is 0 Å². The lowest BCUT2D eigenvalue weighted by Crippen LogP contribution is -3.00. The summed E-state index contributed by atoms with van der Waals surface area (Å²) in [7, 11) is 10.6. The lowest BCUT2D eigenvalue weighted by atomic mass is 10.2. The van der Waals surface area contributed by atoms with Crippen LogP contribution in [0.1, 0.15) is 6.92 Å². The van der Waals surface area contributed by atoms with Crippen LogP contribution in [0.2, 0.25) is 0 Å². The van der Waals surface area contributed by atoms with Gasteiger partial charge in [0.15, 0.2) is 0 Å². The summed E-state index contributed by atoms with van der Waals surface area (Å²) >= 11 is 0. The minimum absolute atomic E-state index is 0. The van der Waals surface area contributed by atoms with Gasteiger partial charge in [0.25, 0.3) is 0 Å². The van der Waals surface area contributed by atoms with Crippen molar-refractivity contribution in [1.82, 2.24) is 4.57 Å². The summed E-state index contributed by atoms with van der Waals surface area (Å²) in [6, 6.07) is 8.30. The molecular weight excluding hydrogens is 554 g/mol. The molecule has 0 unspecified atom stereocenters. The number of hydrogen-bond donors (Lipinski definition) is 0. The van der Waals surface area contributed by atoms with Gasteiger partial charge in [0.05, 0.1) is 60.7 Å². The molecule has 8 heteroatoms. The third-order valence-electron chi connectivity index (χ3n) is 4.04. The van der Waals surface area contributed by atoms with Crippen LogP contribution in [0.3, 0.4) is 0 Å². The number of aryl methyl sites for hydroxylation is 2. The highest BCUT2D eigenvalue weighted by Gasteiger charge is 2.12. The Morgan fingerprint density at radius 1 is 1.08 bits per heavy atom. The first-order valence-electron chi connectivity index (χ1n) is 8.38. The Kier molecular flexibility index (Phi) is 10.9. The molecule has 0 spiro atoms. The molecule has 0 radical (unpaired) electrons. The topological polar surface area (TPSA) is 36.8 Å². The van der Waals surface area contributed by atoms with Crippen LogP contribution in [-0.4, -0.2) is 49.8 Å². The van der Waals surface area contributed by atoms with E-state index in [9.17, 15) is 0 Å². The van der Waals surface area contributed by atoms with E-state index >= 15 is 0 Å². The first-order chi connectivity index (χ1) is 11.3. The van der Waals surface area contributed by atoms with Gasteiger partial charge in [-0.05, 0) is 31.2 Å². The monoisotopic (exact) mass is 584 g/mol. The maximum absolute atomic E-state index is 4.34. The number of benzene rings is 1. The Balaban J connectivity index is 0.00000312. The molecule has 0 aliphatic heterocycles. The van der Waals surface area contributed by atoms with E-state index in [4.69, 9.17) is 0 Å². The quantitative estimate of drug-likeness (QED) is 0.147. The van der Waals surface area contributed by atoms with Gasteiger partial charge in [-0.2, -0.15) is 0 Å². The maximum atomic E-state index is 4.34. The van der Waals surface area contributed by atoms with Crippen LogP contribution in [0, 0.1) is 0 Å². The van der Waals surface area contributed by atoms with Crippen molar-refractivity contribution in [2.75, 3.05) is 45.7 Å². The summed E-state index contributed by atoms with van der Waals surface area (Å²) in [6.45, 7) is 5.35. The van der Waals surface area contributed by atoms with Crippen molar-refractivity contribution in [3.63, 3.8) is 0 Å². The van der Waals surface area contributed by atoms with Crippen molar-refractivity contribution >= 4 is 17.3 Å². The van der Waals surface area contributed by atoms with Crippen molar-refractivity contribution in [3.8, 4) is 0 Å². The van der Waals surface area contributed by atoms with Crippen LogP contribution in [0.4, 0.5) is 17.3 Å². The van der Waals surface area contributed by atoms with Crippen molar-refractivity contribution in [1.29, 1.82) is 0 Å². The number of imidazole rings is 1. The lowest BCUT2D eigenvalue weighted by Gasteiger charge is -2.29. The predicted octanol–water partition coefficient (Wildman–Crippen LogP) is -3.19. The summed E-state index contributed by atoms with van der Waals surface area (Å²) in [6.07, 6.45) is 3.93. The molecule has 0 saturated heterocycles. The zero-order valence-electron chi connectivity index (χ0n) is 16.5. The molecule has 146 valence electrons. The van der Waals surface area contributed by atoms with Gasteiger partial charge >= 0.3 is 5.95 Å². The van der Waals surface area contributed by atoms with Gasteiger partial charge in [-0.25, -0.2) is 9.13 Å². The second-order valence-electron chi connectivity index (χ2n) is 7.13. The minimum Gasteiger partial charge on any atom is -1.00 e. The largest absolute Gasteiger partial charge is 1.00 e. The van der Waals surface area contributed by atoms with E-state index in [1.165, 1.54) is 5.69 Å². The first kappa shape index (κ1) is 25.2. The van der Waals surface area contributed by atoms with E-state index in [1.807, 2.05) is 47.8 Å². The molecule has 0 aliphatic carbocycles. The van der Waals surface area contributed by atoms with Crippen molar-refractivity contribution in [2.24, 2.45) is 24.3 Å². The first-order valence-corrected chi connectivity index (χ1v) is 8.38. The Bertz CT molecular complexity index is 669.